The minimum absolute atomic E-state index is 0.160. The summed E-state index contributed by atoms with van der Waals surface area (Å²) in [7, 11) is 0. The van der Waals surface area contributed by atoms with Crippen LogP contribution in [0.25, 0.3) is 21.5 Å². The maximum Gasteiger partial charge on any atom is 0.347 e. The van der Waals surface area contributed by atoms with Gasteiger partial charge in [-0.05, 0) is 22.2 Å². The van der Waals surface area contributed by atoms with Gasteiger partial charge in [-0.3, -0.25) is 4.79 Å². The van der Waals surface area contributed by atoms with Crippen LogP contribution in [0.3, 0.4) is 0 Å². The van der Waals surface area contributed by atoms with Crippen molar-refractivity contribution in [1.82, 2.24) is 0 Å². The smallest absolute Gasteiger partial charge is 0.347 e. The molecule has 0 fully saturated rings. The zero-order valence-electron chi connectivity index (χ0n) is 14.1. The molecule has 4 aromatic rings. The highest BCUT2D eigenvalue weighted by Gasteiger charge is 2.33. The van der Waals surface area contributed by atoms with Crippen molar-refractivity contribution < 1.29 is 19.1 Å². The number of ketones is 1. The summed E-state index contributed by atoms with van der Waals surface area (Å²) in [5.41, 5.74) is 1.21. The molecule has 27 heavy (non-hydrogen) atoms. The van der Waals surface area contributed by atoms with Gasteiger partial charge in [0.1, 0.15) is 0 Å². The number of benzene rings is 4. The lowest BCUT2D eigenvalue weighted by atomic mass is 9.85. The van der Waals surface area contributed by atoms with Gasteiger partial charge in [0, 0.05) is 16.5 Å². The molecule has 0 radical (unpaired) electrons. The largest absolute Gasteiger partial charge is 0.386 e. The van der Waals surface area contributed by atoms with Gasteiger partial charge in [0.2, 0.25) is 0 Å². The summed E-state index contributed by atoms with van der Waals surface area (Å²) in [6.45, 7) is 0. The molecule has 0 aromatic heterocycles. The SMILES string of the molecule is O=C(c1ccccc1)c1c2c3c(cccc3c3ccccc13)C(=O)OC2=O. The van der Waals surface area contributed by atoms with E-state index in [0.29, 0.717) is 21.9 Å². The Balaban J connectivity index is 2.01. The van der Waals surface area contributed by atoms with Gasteiger partial charge in [0.05, 0.1) is 11.1 Å². The molecule has 128 valence electrons. The van der Waals surface area contributed by atoms with Gasteiger partial charge in [0.15, 0.2) is 5.78 Å². The van der Waals surface area contributed by atoms with E-state index in [1.807, 2.05) is 36.4 Å². The monoisotopic (exact) mass is 352 g/mol. The standard InChI is InChI=1S/C23H12O4/c24-21(13-7-2-1-3-8-13)19-16-10-5-4-9-14(16)15-11-6-12-17-18(15)20(19)23(26)27-22(17)25/h1-12H. The van der Waals surface area contributed by atoms with Crippen molar-refractivity contribution in [3.05, 3.63) is 95.1 Å². The third-order valence-corrected chi connectivity index (χ3v) is 4.92. The Morgan fingerprint density at radius 3 is 2.11 bits per heavy atom. The molecule has 0 spiro atoms. The summed E-state index contributed by atoms with van der Waals surface area (Å²) >= 11 is 0. The van der Waals surface area contributed by atoms with E-state index >= 15 is 0 Å². The lowest BCUT2D eigenvalue weighted by Crippen LogP contribution is -2.23. The van der Waals surface area contributed by atoms with Crippen LogP contribution >= 0.6 is 0 Å². The second-order valence-electron chi connectivity index (χ2n) is 6.40. The van der Waals surface area contributed by atoms with Crippen molar-refractivity contribution in [2.75, 3.05) is 0 Å². The molecule has 1 aliphatic heterocycles. The number of esters is 2. The zero-order chi connectivity index (χ0) is 18.5. The first kappa shape index (κ1) is 15.5. The molecule has 4 heteroatoms. The molecule has 1 heterocycles. The van der Waals surface area contributed by atoms with Crippen LogP contribution in [-0.2, 0) is 4.74 Å². The summed E-state index contributed by atoms with van der Waals surface area (Å²) in [6, 6.07) is 21.4. The Bertz CT molecular complexity index is 1290. The second kappa shape index (κ2) is 5.61. The first-order valence-electron chi connectivity index (χ1n) is 8.50. The number of hydrogen-bond donors (Lipinski definition) is 0. The zero-order valence-corrected chi connectivity index (χ0v) is 14.1. The van der Waals surface area contributed by atoms with Gasteiger partial charge in [-0.15, -0.1) is 0 Å². The highest BCUT2D eigenvalue weighted by atomic mass is 16.6. The molecule has 0 saturated carbocycles. The Morgan fingerprint density at radius 2 is 1.33 bits per heavy atom. The fourth-order valence-corrected chi connectivity index (χ4v) is 3.78. The van der Waals surface area contributed by atoms with E-state index in [-0.39, 0.29) is 16.9 Å². The van der Waals surface area contributed by atoms with E-state index in [1.165, 1.54) is 0 Å². The van der Waals surface area contributed by atoms with Crippen molar-refractivity contribution in [2.24, 2.45) is 0 Å². The van der Waals surface area contributed by atoms with Crippen LogP contribution in [0.2, 0.25) is 0 Å². The summed E-state index contributed by atoms with van der Waals surface area (Å²) in [5.74, 6) is -1.75. The Morgan fingerprint density at radius 1 is 0.667 bits per heavy atom. The first-order valence-corrected chi connectivity index (χ1v) is 8.50. The maximum atomic E-state index is 13.4. The first-order chi connectivity index (χ1) is 13.2. The predicted octanol–water partition coefficient (Wildman–Crippen LogP) is 4.53. The van der Waals surface area contributed by atoms with Gasteiger partial charge in [0.25, 0.3) is 0 Å². The summed E-state index contributed by atoms with van der Waals surface area (Å²) in [4.78, 5) is 38.3. The van der Waals surface area contributed by atoms with Gasteiger partial charge in [-0.1, -0.05) is 66.7 Å². The number of rotatable bonds is 2. The minimum Gasteiger partial charge on any atom is -0.386 e. The van der Waals surface area contributed by atoms with Crippen molar-refractivity contribution in [3.8, 4) is 0 Å². The molecule has 0 bridgehead atoms. The van der Waals surface area contributed by atoms with E-state index < -0.39 is 11.9 Å². The van der Waals surface area contributed by atoms with Crippen molar-refractivity contribution >= 4 is 39.3 Å². The Hall–Kier alpha value is -3.79. The fourth-order valence-electron chi connectivity index (χ4n) is 3.78. The molecular weight excluding hydrogens is 340 g/mol. The van der Waals surface area contributed by atoms with Crippen LogP contribution in [-0.4, -0.2) is 17.7 Å². The lowest BCUT2D eigenvalue weighted by Gasteiger charge is -2.20. The van der Waals surface area contributed by atoms with Gasteiger partial charge in [-0.2, -0.15) is 0 Å². The number of hydrogen-bond acceptors (Lipinski definition) is 4. The third-order valence-electron chi connectivity index (χ3n) is 4.92. The molecule has 0 unspecified atom stereocenters. The Labute approximate surface area is 154 Å². The summed E-state index contributed by atoms with van der Waals surface area (Å²) in [5, 5.41) is 2.72. The fraction of sp³-hybridized carbons (Fsp3) is 0. The molecule has 5 rings (SSSR count). The molecule has 0 aliphatic carbocycles. The lowest BCUT2D eigenvalue weighted by molar-refractivity contribution is 0.0389. The molecule has 4 aromatic carbocycles. The van der Waals surface area contributed by atoms with Crippen LogP contribution in [0.5, 0.6) is 0 Å². The summed E-state index contributed by atoms with van der Waals surface area (Å²) in [6.07, 6.45) is 0. The molecular formula is C23H12O4. The average molecular weight is 352 g/mol. The van der Waals surface area contributed by atoms with Crippen LogP contribution in [0.4, 0.5) is 0 Å². The quantitative estimate of drug-likeness (QED) is 0.230. The maximum absolute atomic E-state index is 13.4. The van der Waals surface area contributed by atoms with Gasteiger partial charge in [-0.25, -0.2) is 9.59 Å². The number of cyclic esters (lactones) is 2. The highest BCUT2D eigenvalue weighted by molar-refractivity contribution is 6.33. The van der Waals surface area contributed by atoms with E-state index in [9.17, 15) is 14.4 Å². The topological polar surface area (TPSA) is 60.4 Å². The molecule has 1 aliphatic rings. The van der Waals surface area contributed by atoms with Gasteiger partial charge < -0.3 is 4.74 Å². The minimum atomic E-state index is -0.784. The molecule has 4 nitrogen and oxygen atoms in total. The number of carbonyl (C=O) groups excluding carboxylic acids is 3. The average Bonchev–Trinajstić information content (AvgIpc) is 2.71. The Kier molecular flexibility index (Phi) is 3.21. The highest BCUT2D eigenvalue weighted by Crippen LogP contribution is 2.38. The number of carbonyl (C=O) groups is 3. The van der Waals surface area contributed by atoms with Gasteiger partial charge >= 0.3 is 11.9 Å². The van der Waals surface area contributed by atoms with Crippen LogP contribution in [0.15, 0.2) is 72.8 Å². The van der Waals surface area contributed by atoms with E-state index in [2.05, 4.69) is 0 Å². The van der Waals surface area contributed by atoms with E-state index in [0.717, 1.165) is 10.8 Å². The molecule has 0 amide bonds. The normalized spacial score (nSPS) is 13.0. The van der Waals surface area contributed by atoms with Crippen molar-refractivity contribution in [3.63, 3.8) is 0 Å². The predicted molar refractivity (Wildman–Crippen MR) is 101 cm³/mol. The van der Waals surface area contributed by atoms with Crippen molar-refractivity contribution in [2.45, 2.75) is 0 Å². The molecule has 0 N–H and O–H groups in total. The van der Waals surface area contributed by atoms with Crippen LogP contribution < -0.4 is 0 Å². The van der Waals surface area contributed by atoms with Crippen LogP contribution in [0, 0.1) is 0 Å². The number of fused-ring (bicyclic) bond motifs is 2. The second-order valence-corrected chi connectivity index (χ2v) is 6.40. The third kappa shape index (κ3) is 2.13. The molecule has 0 saturated heterocycles. The van der Waals surface area contributed by atoms with E-state index in [1.54, 1.807) is 36.4 Å². The molecule has 0 atom stereocenters. The van der Waals surface area contributed by atoms with Crippen LogP contribution in [0.1, 0.15) is 36.6 Å². The van der Waals surface area contributed by atoms with Crippen molar-refractivity contribution in [1.29, 1.82) is 0 Å². The summed E-state index contributed by atoms with van der Waals surface area (Å²) < 4.78 is 4.95. The van der Waals surface area contributed by atoms with E-state index in [4.69, 9.17) is 4.74 Å². The number of ether oxygens (including phenoxy) is 1.